The molecular weight excluding hydrogens is 306 g/mol. The van der Waals surface area contributed by atoms with Crippen LogP contribution in [0.2, 0.25) is 0 Å². The minimum atomic E-state index is -0.456. The molecule has 0 radical (unpaired) electrons. The molecule has 0 unspecified atom stereocenters. The maximum absolute atomic E-state index is 12.1. The highest BCUT2D eigenvalue weighted by molar-refractivity contribution is 6.13. The van der Waals surface area contributed by atoms with Crippen LogP contribution in [0.3, 0.4) is 0 Å². The molecule has 0 bridgehead atoms. The van der Waals surface area contributed by atoms with E-state index in [1.54, 1.807) is 24.3 Å². The number of benzene rings is 2. The number of aliphatic imine (C=N–C) groups is 1. The van der Waals surface area contributed by atoms with Crippen LogP contribution < -0.4 is 9.47 Å². The van der Waals surface area contributed by atoms with Crippen molar-refractivity contribution in [3.63, 3.8) is 0 Å². The standard InChI is InChI=1S/C19H15NO4/c1-2-12-3-5-13(6-4-12)9-15-19(21)24-18(20-15)14-7-8-16-17(10-14)23-11-22-16/h3-10H,2,11H2,1H3/b15-9-. The first-order valence-electron chi connectivity index (χ1n) is 7.74. The number of esters is 1. The second kappa shape index (κ2) is 5.85. The minimum Gasteiger partial charge on any atom is -0.454 e. The molecule has 2 heterocycles. The van der Waals surface area contributed by atoms with Crippen LogP contribution in [0.1, 0.15) is 23.6 Å². The van der Waals surface area contributed by atoms with E-state index >= 15 is 0 Å². The van der Waals surface area contributed by atoms with Gasteiger partial charge in [-0.05, 0) is 41.8 Å². The molecule has 0 N–H and O–H groups in total. The molecule has 2 aliphatic rings. The van der Waals surface area contributed by atoms with Crippen molar-refractivity contribution in [2.24, 2.45) is 4.99 Å². The average molecular weight is 321 g/mol. The Balaban J connectivity index is 1.63. The lowest BCUT2D eigenvalue weighted by molar-refractivity contribution is -0.129. The Kier molecular flexibility index (Phi) is 3.54. The Hall–Kier alpha value is -3.08. The van der Waals surface area contributed by atoms with Gasteiger partial charge in [0.15, 0.2) is 17.2 Å². The third-order valence-corrected chi connectivity index (χ3v) is 3.93. The van der Waals surface area contributed by atoms with Gasteiger partial charge in [-0.1, -0.05) is 31.2 Å². The van der Waals surface area contributed by atoms with Gasteiger partial charge in [0.1, 0.15) is 0 Å². The topological polar surface area (TPSA) is 57.1 Å². The lowest BCUT2D eigenvalue weighted by atomic mass is 10.1. The van der Waals surface area contributed by atoms with Crippen molar-refractivity contribution in [1.29, 1.82) is 0 Å². The van der Waals surface area contributed by atoms with Crippen molar-refractivity contribution in [2.45, 2.75) is 13.3 Å². The van der Waals surface area contributed by atoms with Crippen molar-refractivity contribution in [2.75, 3.05) is 6.79 Å². The van der Waals surface area contributed by atoms with Crippen molar-refractivity contribution in [1.82, 2.24) is 0 Å². The summed E-state index contributed by atoms with van der Waals surface area (Å²) in [7, 11) is 0. The zero-order chi connectivity index (χ0) is 16.5. The molecule has 0 atom stereocenters. The molecule has 0 amide bonds. The molecule has 0 aliphatic carbocycles. The molecule has 2 aliphatic heterocycles. The Bertz CT molecular complexity index is 865. The van der Waals surface area contributed by atoms with Gasteiger partial charge in [0.25, 0.3) is 0 Å². The third kappa shape index (κ3) is 2.65. The van der Waals surface area contributed by atoms with E-state index in [1.165, 1.54) is 5.56 Å². The van der Waals surface area contributed by atoms with Gasteiger partial charge in [0.05, 0.1) is 0 Å². The summed E-state index contributed by atoms with van der Waals surface area (Å²) in [5.74, 6) is 1.12. The molecule has 4 rings (SSSR count). The predicted molar refractivity (Wildman–Crippen MR) is 89.0 cm³/mol. The van der Waals surface area contributed by atoms with Gasteiger partial charge in [-0.25, -0.2) is 9.79 Å². The van der Waals surface area contributed by atoms with Gasteiger partial charge in [0, 0.05) is 5.56 Å². The van der Waals surface area contributed by atoms with Gasteiger partial charge in [-0.15, -0.1) is 0 Å². The highest BCUT2D eigenvalue weighted by Gasteiger charge is 2.25. The largest absolute Gasteiger partial charge is 0.454 e. The first-order valence-corrected chi connectivity index (χ1v) is 7.74. The Morgan fingerprint density at radius 2 is 1.88 bits per heavy atom. The summed E-state index contributed by atoms with van der Waals surface area (Å²) < 4.78 is 15.9. The van der Waals surface area contributed by atoms with Crippen LogP contribution in [0.4, 0.5) is 0 Å². The molecule has 5 heteroatoms. The van der Waals surface area contributed by atoms with E-state index in [-0.39, 0.29) is 18.4 Å². The summed E-state index contributed by atoms with van der Waals surface area (Å²) in [5, 5.41) is 0. The number of nitrogens with zero attached hydrogens (tertiary/aromatic N) is 1. The number of fused-ring (bicyclic) bond motifs is 1. The number of carbonyl (C=O) groups excluding carboxylic acids is 1. The van der Waals surface area contributed by atoms with E-state index in [2.05, 4.69) is 11.9 Å². The second-order valence-electron chi connectivity index (χ2n) is 5.50. The number of cyclic esters (lactones) is 1. The SMILES string of the molecule is CCc1ccc(/C=C2\N=C(c3ccc4c(c3)OCO4)OC2=O)cc1. The third-order valence-electron chi connectivity index (χ3n) is 3.93. The van der Waals surface area contributed by atoms with E-state index in [0.29, 0.717) is 17.1 Å². The summed E-state index contributed by atoms with van der Waals surface area (Å²) in [6, 6.07) is 13.3. The van der Waals surface area contributed by atoms with Gasteiger partial charge >= 0.3 is 5.97 Å². The van der Waals surface area contributed by atoms with Crippen LogP contribution >= 0.6 is 0 Å². The maximum Gasteiger partial charge on any atom is 0.363 e. The summed E-state index contributed by atoms with van der Waals surface area (Å²) in [6.45, 7) is 2.30. The highest BCUT2D eigenvalue weighted by Crippen LogP contribution is 2.33. The van der Waals surface area contributed by atoms with Gasteiger partial charge in [-0.2, -0.15) is 0 Å². The van der Waals surface area contributed by atoms with Crippen molar-refractivity contribution in [3.05, 3.63) is 64.9 Å². The zero-order valence-corrected chi connectivity index (χ0v) is 13.1. The van der Waals surface area contributed by atoms with E-state index in [9.17, 15) is 4.79 Å². The summed E-state index contributed by atoms with van der Waals surface area (Å²) >= 11 is 0. The van der Waals surface area contributed by atoms with Gasteiger partial charge in [-0.3, -0.25) is 0 Å². The molecule has 0 fully saturated rings. The Morgan fingerprint density at radius 1 is 1.08 bits per heavy atom. The molecule has 2 aromatic carbocycles. The number of ether oxygens (including phenoxy) is 3. The first kappa shape index (κ1) is 14.5. The number of hydrogen-bond acceptors (Lipinski definition) is 5. The fraction of sp³-hybridized carbons (Fsp3) is 0.158. The van der Waals surface area contributed by atoms with E-state index < -0.39 is 5.97 Å². The monoisotopic (exact) mass is 321 g/mol. The van der Waals surface area contributed by atoms with Crippen LogP contribution in [-0.2, 0) is 16.0 Å². The quantitative estimate of drug-likeness (QED) is 0.643. The average Bonchev–Trinajstić information content (AvgIpc) is 3.22. The van der Waals surface area contributed by atoms with Gasteiger partial charge < -0.3 is 14.2 Å². The number of aryl methyl sites for hydroxylation is 1. The molecular formula is C19H15NO4. The summed E-state index contributed by atoms with van der Waals surface area (Å²) in [6.07, 6.45) is 2.70. The van der Waals surface area contributed by atoms with E-state index in [0.717, 1.165) is 12.0 Å². The maximum atomic E-state index is 12.1. The number of hydrogen-bond donors (Lipinski definition) is 0. The summed E-state index contributed by atoms with van der Waals surface area (Å²) in [5.41, 5.74) is 3.12. The normalized spacial score (nSPS) is 17.1. The van der Waals surface area contributed by atoms with Crippen LogP contribution in [0.15, 0.2) is 53.2 Å². The van der Waals surface area contributed by atoms with Crippen LogP contribution in [0, 0.1) is 0 Å². The number of carbonyl (C=O) groups is 1. The molecule has 0 saturated carbocycles. The second-order valence-corrected chi connectivity index (χ2v) is 5.50. The van der Waals surface area contributed by atoms with E-state index in [1.807, 2.05) is 24.3 Å². The van der Waals surface area contributed by atoms with Crippen molar-refractivity contribution >= 4 is 17.9 Å². The lowest BCUT2D eigenvalue weighted by Gasteiger charge is -2.01. The summed E-state index contributed by atoms with van der Waals surface area (Å²) in [4.78, 5) is 16.4. The Morgan fingerprint density at radius 3 is 2.67 bits per heavy atom. The molecule has 0 spiro atoms. The Labute approximate surface area is 139 Å². The molecule has 24 heavy (non-hydrogen) atoms. The lowest BCUT2D eigenvalue weighted by Crippen LogP contribution is -2.05. The van der Waals surface area contributed by atoms with Gasteiger partial charge in [0.2, 0.25) is 12.7 Å². The highest BCUT2D eigenvalue weighted by atomic mass is 16.7. The molecule has 120 valence electrons. The smallest absolute Gasteiger partial charge is 0.363 e. The van der Waals surface area contributed by atoms with Crippen molar-refractivity contribution in [3.8, 4) is 11.5 Å². The molecule has 2 aromatic rings. The number of rotatable bonds is 3. The minimum absolute atomic E-state index is 0.198. The fourth-order valence-electron chi connectivity index (χ4n) is 2.57. The molecule has 0 saturated heterocycles. The zero-order valence-electron chi connectivity index (χ0n) is 13.1. The fourth-order valence-corrected chi connectivity index (χ4v) is 2.57. The van der Waals surface area contributed by atoms with Crippen LogP contribution in [0.25, 0.3) is 6.08 Å². The molecule has 0 aromatic heterocycles. The van der Waals surface area contributed by atoms with Crippen LogP contribution in [-0.4, -0.2) is 18.7 Å². The van der Waals surface area contributed by atoms with E-state index in [4.69, 9.17) is 14.2 Å². The predicted octanol–water partition coefficient (Wildman–Crippen LogP) is 3.32. The molecule has 5 nitrogen and oxygen atoms in total. The van der Waals surface area contributed by atoms with Crippen molar-refractivity contribution < 1.29 is 19.0 Å². The van der Waals surface area contributed by atoms with Crippen LogP contribution in [0.5, 0.6) is 11.5 Å². The first-order chi connectivity index (χ1) is 11.7.